The minimum atomic E-state index is -0.320. The van der Waals surface area contributed by atoms with Crippen molar-refractivity contribution in [1.29, 1.82) is 10.5 Å². The highest BCUT2D eigenvalue weighted by Crippen LogP contribution is 2.36. The molecule has 8 aromatic heterocycles. The van der Waals surface area contributed by atoms with Gasteiger partial charge in [-0.2, -0.15) is 15.6 Å². The van der Waals surface area contributed by atoms with Crippen LogP contribution in [0.1, 0.15) is 83.3 Å². The summed E-state index contributed by atoms with van der Waals surface area (Å²) in [6.45, 7) is 16.5. The topological polar surface area (TPSA) is 186 Å². The maximum absolute atomic E-state index is 9.66. The molecule has 0 amide bonds. The highest BCUT2D eigenvalue weighted by molar-refractivity contribution is 5.81. The molecule has 0 spiro atoms. The fourth-order valence-corrected chi connectivity index (χ4v) is 6.62. The lowest BCUT2D eigenvalue weighted by Crippen LogP contribution is -2.20. The van der Waals surface area contributed by atoms with E-state index in [-0.39, 0.29) is 16.5 Å². The molecular weight excluding hydrogens is 717 g/mol. The molecular formula is C43H42N12O2. The Kier molecular flexibility index (Phi) is 10.2. The third-order valence-corrected chi connectivity index (χ3v) is 9.08. The van der Waals surface area contributed by atoms with Gasteiger partial charge >= 0.3 is 0 Å². The average Bonchev–Trinajstić information content (AvgIpc) is 4.01. The number of rotatable bonds is 9. The molecule has 0 aromatic carbocycles. The van der Waals surface area contributed by atoms with E-state index in [1.807, 2.05) is 74.0 Å². The summed E-state index contributed by atoms with van der Waals surface area (Å²) in [6.07, 6.45) is 8.93. The van der Waals surface area contributed by atoms with Crippen molar-refractivity contribution < 1.29 is 8.83 Å². The number of aryl methyl sites for hydroxylation is 1. The largest absolute Gasteiger partial charge is 0.441 e. The number of aromatic nitrogens is 10. The summed E-state index contributed by atoms with van der Waals surface area (Å²) in [5.41, 5.74) is 5.77. The monoisotopic (exact) mass is 758 g/mol. The Morgan fingerprint density at radius 3 is 1.81 bits per heavy atom. The maximum atomic E-state index is 9.66. The van der Waals surface area contributed by atoms with E-state index in [0.717, 1.165) is 22.5 Å². The summed E-state index contributed by atoms with van der Waals surface area (Å²) >= 11 is 0. The summed E-state index contributed by atoms with van der Waals surface area (Å²) in [4.78, 5) is 22.9. The number of nitrogens with zero attached hydrogens (tertiary/aromatic N) is 12. The lowest BCUT2D eigenvalue weighted by atomic mass is 9.85. The van der Waals surface area contributed by atoms with Crippen molar-refractivity contribution in [2.24, 2.45) is 10.8 Å². The van der Waals surface area contributed by atoms with Gasteiger partial charge in [-0.15, -0.1) is 10.2 Å². The van der Waals surface area contributed by atoms with Crippen LogP contribution in [-0.2, 0) is 19.3 Å². The predicted molar refractivity (Wildman–Crippen MR) is 213 cm³/mol. The maximum Gasteiger partial charge on any atom is 0.195 e. The molecule has 0 atom stereocenters. The molecule has 0 unspecified atom stereocenters. The van der Waals surface area contributed by atoms with Crippen molar-refractivity contribution in [2.45, 2.75) is 74.7 Å². The molecule has 0 aliphatic rings. The fraction of sp³-hybridized carbons (Fsp3) is 0.302. The number of hydrogen-bond acceptors (Lipinski definition) is 12. The first-order valence-electron chi connectivity index (χ1n) is 18.7. The molecule has 0 saturated heterocycles. The van der Waals surface area contributed by atoms with E-state index in [1.165, 1.54) is 0 Å². The molecule has 0 radical (unpaired) electrons. The molecule has 0 saturated carbocycles. The zero-order valence-corrected chi connectivity index (χ0v) is 33.2. The van der Waals surface area contributed by atoms with Crippen LogP contribution in [0.15, 0.2) is 82.2 Å². The van der Waals surface area contributed by atoms with Crippen LogP contribution in [0, 0.1) is 40.4 Å². The number of pyridine rings is 4. The number of hydrogen-bond donors (Lipinski definition) is 0. The second kappa shape index (κ2) is 15.2. The lowest BCUT2D eigenvalue weighted by molar-refractivity contribution is 0.314. The van der Waals surface area contributed by atoms with E-state index in [4.69, 9.17) is 8.83 Å². The minimum Gasteiger partial charge on any atom is -0.441 e. The van der Waals surface area contributed by atoms with Crippen molar-refractivity contribution in [3.8, 4) is 57.3 Å². The molecule has 286 valence electrons. The Bertz CT molecular complexity index is 2820. The summed E-state index contributed by atoms with van der Waals surface area (Å²) < 4.78 is 16.2. The Hall–Kier alpha value is -7.06. The van der Waals surface area contributed by atoms with Crippen molar-refractivity contribution in [3.63, 3.8) is 0 Å². The van der Waals surface area contributed by atoms with Gasteiger partial charge in [-0.05, 0) is 66.3 Å². The molecule has 0 bridgehead atoms. The van der Waals surface area contributed by atoms with Crippen molar-refractivity contribution >= 4 is 11.3 Å². The van der Waals surface area contributed by atoms with Gasteiger partial charge in [0.15, 0.2) is 34.6 Å². The van der Waals surface area contributed by atoms with Crippen LogP contribution in [0.4, 0.5) is 0 Å². The Balaban J connectivity index is 0.00000244. The molecule has 0 N–H and O–H groups in total. The Morgan fingerprint density at radius 2 is 1.23 bits per heavy atom. The summed E-state index contributed by atoms with van der Waals surface area (Å²) in [5.74, 6) is 3.76. The third-order valence-electron chi connectivity index (χ3n) is 9.08. The first-order valence-corrected chi connectivity index (χ1v) is 18.7. The molecule has 0 fully saturated rings. The van der Waals surface area contributed by atoms with Crippen LogP contribution in [0.5, 0.6) is 0 Å². The first-order chi connectivity index (χ1) is 27.3. The smallest absolute Gasteiger partial charge is 0.195 e. The van der Waals surface area contributed by atoms with E-state index in [1.54, 1.807) is 29.0 Å². The van der Waals surface area contributed by atoms with Gasteiger partial charge in [0.05, 0.1) is 23.8 Å². The van der Waals surface area contributed by atoms with Crippen LogP contribution < -0.4 is 0 Å². The normalized spacial score (nSPS) is 11.7. The highest BCUT2D eigenvalue weighted by Gasteiger charge is 2.26. The van der Waals surface area contributed by atoms with E-state index in [0.29, 0.717) is 82.3 Å². The van der Waals surface area contributed by atoms with Crippen LogP contribution in [-0.4, -0.2) is 49.1 Å². The number of nitriles is 2. The summed E-state index contributed by atoms with van der Waals surface area (Å²) in [6, 6.07) is 18.9. The molecule has 0 aliphatic carbocycles. The third kappa shape index (κ3) is 8.16. The lowest BCUT2D eigenvalue weighted by Gasteiger charge is -2.21. The zero-order chi connectivity index (χ0) is 40.5. The molecule has 14 nitrogen and oxygen atoms in total. The molecule has 57 heavy (non-hydrogen) atoms. The molecule has 8 heterocycles. The van der Waals surface area contributed by atoms with Gasteiger partial charge < -0.3 is 8.83 Å². The van der Waals surface area contributed by atoms with Gasteiger partial charge in [-0.25, -0.2) is 29.4 Å². The number of fused-ring (bicyclic) bond motifs is 2. The molecule has 8 rings (SSSR count). The highest BCUT2D eigenvalue weighted by atomic mass is 16.4. The second-order valence-electron chi connectivity index (χ2n) is 15.5. The van der Waals surface area contributed by atoms with Gasteiger partial charge in [0, 0.05) is 53.9 Å². The molecule has 0 aliphatic heterocycles. The summed E-state index contributed by atoms with van der Waals surface area (Å²) in [5, 5.41) is 32.7. The molecule has 14 heteroatoms. The summed E-state index contributed by atoms with van der Waals surface area (Å²) in [7, 11) is 0. The van der Waals surface area contributed by atoms with Crippen molar-refractivity contribution in [3.05, 3.63) is 108 Å². The van der Waals surface area contributed by atoms with Crippen molar-refractivity contribution in [2.75, 3.05) is 0 Å². The van der Waals surface area contributed by atoms with Gasteiger partial charge in [0.2, 0.25) is 0 Å². The van der Waals surface area contributed by atoms with E-state index < -0.39 is 0 Å². The average molecular weight is 759 g/mol. The zero-order valence-electron chi connectivity index (χ0n) is 33.2. The molecule has 8 aromatic rings. The van der Waals surface area contributed by atoms with Crippen LogP contribution >= 0.6 is 0 Å². The van der Waals surface area contributed by atoms with Crippen LogP contribution in [0.2, 0.25) is 0 Å². The quantitative estimate of drug-likeness (QED) is 0.137. The second-order valence-corrected chi connectivity index (χ2v) is 15.5. The minimum absolute atomic E-state index is 0.0136. The van der Waals surface area contributed by atoms with Crippen LogP contribution in [0.25, 0.3) is 56.5 Å². The van der Waals surface area contributed by atoms with E-state index >= 15 is 0 Å². The fourth-order valence-electron chi connectivity index (χ4n) is 6.62. The van der Waals surface area contributed by atoms with E-state index in [9.17, 15) is 10.5 Å². The standard InChI is InChI=1S/C41H36N12O2.C2H6/c1-24-46-33-15-26(12-14-53(33)51-24)39-30(10-8-28(21-43)48-39)32-23-45-37(55-32)19-41(5,6)17-35-50-49-34-16-25(11-13-52(34)35)38-29(9-7-27(20-42)47-38)31-22-44-36(54-31)18-40(2,3)4;1-2/h7-16,22-23H,17-19H2,1-6H3;1-2H3. The van der Waals surface area contributed by atoms with Gasteiger partial charge in [0.25, 0.3) is 0 Å². The van der Waals surface area contributed by atoms with E-state index in [2.05, 4.69) is 87.0 Å². The first kappa shape index (κ1) is 38.2. The van der Waals surface area contributed by atoms with Crippen molar-refractivity contribution in [1.82, 2.24) is 49.1 Å². The Morgan fingerprint density at radius 1 is 0.667 bits per heavy atom. The predicted octanol–water partition coefficient (Wildman–Crippen LogP) is 8.68. The van der Waals surface area contributed by atoms with Gasteiger partial charge in [0.1, 0.15) is 35.2 Å². The van der Waals surface area contributed by atoms with Gasteiger partial charge in [-0.3, -0.25) is 4.40 Å². The Labute approximate surface area is 330 Å². The number of oxazole rings is 2. The SMILES string of the molecule is CC.Cc1nc2cc(-c3nc(C#N)ccc3-c3cnc(CC(C)(C)Cc4nnc5cc(-c6nc(C#N)ccc6-c6cnc(CC(C)(C)C)o6)ccn45)o3)ccn2n1. The van der Waals surface area contributed by atoms with Gasteiger partial charge in [-0.1, -0.05) is 48.5 Å². The van der Waals surface area contributed by atoms with Crippen LogP contribution in [0.3, 0.4) is 0 Å².